The summed E-state index contributed by atoms with van der Waals surface area (Å²) >= 11 is 7.08. The fraction of sp³-hybridized carbons (Fsp3) is 0.158. The van der Waals surface area contributed by atoms with Crippen molar-refractivity contribution in [3.63, 3.8) is 0 Å². The van der Waals surface area contributed by atoms with E-state index in [1.807, 2.05) is 6.07 Å². The van der Waals surface area contributed by atoms with E-state index < -0.39 is 23.1 Å². The van der Waals surface area contributed by atoms with Crippen molar-refractivity contribution in [2.45, 2.75) is 23.6 Å². The number of halogens is 1. The van der Waals surface area contributed by atoms with Gasteiger partial charge in [0.25, 0.3) is 5.03 Å². The van der Waals surface area contributed by atoms with Gasteiger partial charge < -0.3 is 20.1 Å². The van der Waals surface area contributed by atoms with Crippen LogP contribution in [0, 0.1) is 0 Å². The molecule has 3 aromatic rings. The fourth-order valence-corrected chi connectivity index (χ4v) is 3.64. The second-order valence-corrected chi connectivity index (χ2v) is 7.52. The number of thioether (sulfide) groups is 1. The number of carboxylic acid groups (broad SMARTS) is 1. The number of carboxylic acids is 1. The number of benzene rings is 2. The topological polar surface area (TPSA) is 119 Å². The lowest BCUT2D eigenvalue weighted by Crippen LogP contribution is -2.36. The smallest absolute Gasteiger partial charge is 0.335 e. The van der Waals surface area contributed by atoms with Gasteiger partial charge in [0, 0.05) is 12.1 Å². The minimum Gasteiger partial charge on any atom is -0.538 e. The number of anilines is 1. The highest BCUT2D eigenvalue weighted by atomic mass is 35.5. The molecule has 0 spiro atoms. The molecule has 2 aromatic carbocycles. The van der Waals surface area contributed by atoms with Gasteiger partial charge in [0.2, 0.25) is 11.6 Å². The van der Waals surface area contributed by atoms with Crippen molar-refractivity contribution in [2.75, 3.05) is 5.32 Å². The van der Waals surface area contributed by atoms with E-state index in [0.29, 0.717) is 12.1 Å². The summed E-state index contributed by atoms with van der Waals surface area (Å²) in [6.45, 7) is 1.79. The normalized spacial score (nSPS) is 11.8. The van der Waals surface area contributed by atoms with Crippen molar-refractivity contribution in [2.24, 2.45) is 0 Å². The Hall–Kier alpha value is -3.04. The van der Waals surface area contributed by atoms with Gasteiger partial charge in [0.05, 0.1) is 26.8 Å². The Bertz CT molecular complexity index is 1040. The molecule has 1 atom stereocenters. The molecule has 0 saturated carbocycles. The molecular formula is C19H16ClN3O5S. The zero-order valence-corrected chi connectivity index (χ0v) is 16.7. The summed E-state index contributed by atoms with van der Waals surface area (Å²) in [6.07, 6.45) is 0.395. The summed E-state index contributed by atoms with van der Waals surface area (Å²) in [5.74, 6) is -2.22. The number of para-hydroxylation sites is 1. The molecule has 0 radical (unpaired) electrons. The molecule has 29 heavy (non-hydrogen) atoms. The second kappa shape index (κ2) is 8.97. The lowest BCUT2D eigenvalue weighted by atomic mass is 10.2. The van der Waals surface area contributed by atoms with Crippen LogP contribution in [-0.4, -0.2) is 27.5 Å². The minimum atomic E-state index is -1.14. The molecule has 1 amide bonds. The number of hydrogen-bond donors (Lipinski definition) is 2. The first-order chi connectivity index (χ1) is 13.9. The second-order valence-electron chi connectivity index (χ2n) is 5.92. The Kier molecular flexibility index (Phi) is 6.40. The molecule has 150 valence electrons. The predicted octanol–water partition coefficient (Wildman–Crippen LogP) is 2.89. The van der Waals surface area contributed by atoms with Crippen LogP contribution >= 0.6 is 23.4 Å². The fourth-order valence-electron chi connectivity index (χ4n) is 2.50. The zero-order chi connectivity index (χ0) is 21.0. The number of carbonyl (C=O) groups excluding carboxylic acids is 1. The summed E-state index contributed by atoms with van der Waals surface area (Å²) < 4.78 is 6.11. The van der Waals surface area contributed by atoms with Gasteiger partial charge >= 0.3 is 5.97 Å². The Balaban J connectivity index is 1.83. The Morgan fingerprint density at radius 3 is 2.69 bits per heavy atom. The average molecular weight is 434 g/mol. The zero-order valence-electron chi connectivity index (χ0n) is 15.2. The van der Waals surface area contributed by atoms with Gasteiger partial charge in [0.1, 0.15) is 0 Å². The highest BCUT2D eigenvalue weighted by Crippen LogP contribution is 2.31. The third kappa shape index (κ3) is 4.69. The van der Waals surface area contributed by atoms with Crippen LogP contribution in [0.15, 0.2) is 58.1 Å². The van der Waals surface area contributed by atoms with Crippen molar-refractivity contribution < 1.29 is 29.0 Å². The Morgan fingerprint density at radius 2 is 2.03 bits per heavy atom. The molecule has 1 unspecified atom stereocenters. The maximum Gasteiger partial charge on any atom is 0.335 e. The number of carbonyl (C=O) groups is 2. The number of nitrogens with zero attached hydrogens (tertiary/aromatic N) is 2. The molecule has 1 heterocycles. The lowest BCUT2D eigenvalue weighted by Gasteiger charge is -2.14. The number of amides is 1. The molecule has 0 saturated heterocycles. The Morgan fingerprint density at radius 1 is 1.31 bits per heavy atom. The number of rotatable bonds is 7. The van der Waals surface area contributed by atoms with Crippen LogP contribution in [0.3, 0.4) is 0 Å². The maximum atomic E-state index is 12.8. The van der Waals surface area contributed by atoms with Crippen molar-refractivity contribution in [1.29, 1.82) is 0 Å². The number of aromatic nitrogens is 2. The van der Waals surface area contributed by atoms with Crippen LogP contribution < -0.4 is 15.1 Å². The van der Waals surface area contributed by atoms with Crippen molar-refractivity contribution >= 4 is 40.9 Å². The average Bonchev–Trinajstić information content (AvgIpc) is 3.08. The van der Waals surface area contributed by atoms with Gasteiger partial charge in [-0.15, -0.1) is 0 Å². The summed E-state index contributed by atoms with van der Waals surface area (Å²) in [6, 6.07) is 12.9. The first-order valence-corrected chi connectivity index (χ1v) is 9.81. The molecule has 1 aromatic heterocycles. The van der Waals surface area contributed by atoms with Gasteiger partial charge in [0.15, 0.2) is 5.95 Å². The first kappa shape index (κ1) is 20.7. The van der Waals surface area contributed by atoms with E-state index in [4.69, 9.17) is 21.2 Å². The maximum absolute atomic E-state index is 12.8. The molecule has 2 N–H and O–H groups in total. The molecule has 0 aliphatic carbocycles. The minimum absolute atomic E-state index is 0.00630. The monoisotopic (exact) mass is 433 g/mol. The van der Waals surface area contributed by atoms with Gasteiger partial charge in [-0.1, -0.05) is 36.7 Å². The largest absolute Gasteiger partial charge is 0.538 e. The van der Waals surface area contributed by atoms with E-state index in [1.54, 1.807) is 31.2 Å². The number of aromatic carboxylic acids is 1. The predicted molar refractivity (Wildman–Crippen MR) is 104 cm³/mol. The van der Waals surface area contributed by atoms with E-state index in [2.05, 4.69) is 10.6 Å². The third-order valence-corrected chi connectivity index (χ3v) is 5.69. The van der Waals surface area contributed by atoms with Crippen LogP contribution in [0.4, 0.5) is 5.69 Å². The standard InChI is InChI=1S/C19H16ClN3O5S/c1-2-15(16(24)21-14-10-11(18(25)26)8-9-13(14)20)29-17-19(27)28-22-23(17)12-6-4-3-5-7-12/h3-10,15H,2H2,1H3,(H2-,21,22,24,25,26,27). The van der Waals surface area contributed by atoms with Crippen LogP contribution in [0.25, 0.3) is 5.69 Å². The molecule has 10 heteroatoms. The van der Waals surface area contributed by atoms with Gasteiger partial charge in [-0.05, 0) is 41.1 Å². The van der Waals surface area contributed by atoms with Gasteiger partial charge in [-0.3, -0.25) is 4.79 Å². The first-order valence-electron chi connectivity index (χ1n) is 8.55. The third-order valence-electron chi connectivity index (χ3n) is 3.96. The summed E-state index contributed by atoms with van der Waals surface area (Å²) in [7, 11) is 0. The highest BCUT2D eigenvalue weighted by molar-refractivity contribution is 8.00. The Labute approximate surface area is 175 Å². The summed E-state index contributed by atoms with van der Waals surface area (Å²) in [5, 5.41) is 27.3. The summed E-state index contributed by atoms with van der Waals surface area (Å²) in [4.78, 5) is 23.9. The van der Waals surface area contributed by atoms with Crippen molar-refractivity contribution in [1.82, 2.24) is 5.27 Å². The van der Waals surface area contributed by atoms with E-state index in [1.165, 1.54) is 22.9 Å². The quantitative estimate of drug-likeness (QED) is 0.434. The molecule has 0 bridgehead atoms. The van der Waals surface area contributed by atoms with E-state index >= 15 is 0 Å². The molecule has 0 aliphatic heterocycles. The highest BCUT2D eigenvalue weighted by Gasteiger charge is 2.28. The van der Waals surface area contributed by atoms with Gasteiger partial charge in [-0.2, -0.15) is 0 Å². The summed E-state index contributed by atoms with van der Waals surface area (Å²) in [5.41, 5.74) is 0.792. The molecular weight excluding hydrogens is 418 g/mol. The lowest BCUT2D eigenvalue weighted by molar-refractivity contribution is -0.705. The van der Waals surface area contributed by atoms with Crippen LogP contribution in [0.5, 0.6) is 5.95 Å². The van der Waals surface area contributed by atoms with Crippen LogP contribution in [0.2, 0.25) is 5.02 Å². The van der Waals surface area contributed by atoms with Crippen LogP contribution in [-0.2, 0) is 4.79 Å². The molecule has 8 nitrogen and oxygen atoms in total. The number of nitrogens with one attached hydrogen (secondary N) is 1. The van der Waals surface area contributed by atoms with Crippen LogP contribution in [0.1, 0.15) is 23.7 Å². The van der Waals surface area contributed by atoms with E-state index in [-0.39, 0.29) is 21.3 Å². The molecule has 0 fully saturated rings. The van der Waals surface area contributed by atoms with Crippen molar-refractivity contribution in [3.8, 4) is 11.6 Å². The van der Waals surface area contributed by atoms with Gasteiger partial charge in [-0.25, -0.2) is 4.79 Å². The molecule has 0 aliphatic rings. The van der Waals surface area contributed by atoms with E-state index in [0.717, 1.165) is 11.8 Å². The molecule has 3 rings (SSSR count). The number of hydrogen-bond acceptors (Lipinski definition) is 6. The SMILES string of the molecule is CCC(Sc1c([O-])on[n+]1-c1ccccc1)C(=O)Nc1cc(C(=O)O)ccc1Cl. The van der Waals surface area contributed by atoms with E-state index in [9.17, 15) is 14.7 Å². The van der Waals surface area contributed by atoms with Crippen molar-refractivity contribution in [3.05, 3.63) is 59.1 Å².